The molecule has 37 heavy (non-hydrogen) atoms. The Balaban J connectivity index is 1.41. The first kappa shape index (κ1) is 26.4. The Morgan fingerprint density at radius 2 is 1.76 bits per heavy atom. The first-order chi connectivity index (χ1) is 17.7. The SMILES string of the molecule is CC(C)(C)n1nccc1Nc1cccc(CC2(C(=O)NCC(=O)OCc3ccccc3)CCCCC2)n1. The Bertz CT molecular complexity index is 1190. The van der Waals surface area contributed by atoms with Gasteiger partial charge >= 0.3 is 5.97 Å². The molecule has 196 valence electrons. The number of nitrogens with one attached hydrogen (secondary N) is 2. The topological polar surface area (TPSA) is 98.1 Å². The first-order valence-electron chi connectivity index (χ1n) is 13.0. The summed E-state index contributed by atoms with van der Waals surface area (Å²) in [6.07, 6.45) is 6.90. The van der Waals surface area contributed by atoms with Gasteiger partial charge in [-0.15, -0.1) is 0 Å². The highest BCUT2D eigenvalue weighted by atomic mass is 16.5. The zero-order valence-electron chi connectivity index (χ0n) is 22.0. The van der Waals surface area contributed by atoms with E-state index < -0.39 is 11.4 Å². The third-order valence-corrected chi connectivity index (χ3v) is 6.79. The summed E-state index contributed by atoms with van der Waals surface area (Å²) < 4.78 is 7.26. The van der Waals surface area contributed by atoms with Crippen molar-refractivity contribution in [2.75, 3.05) is 11.9 Å². The molecule has 0 spiro atoms. The number of esters is 1. The van der Waals surface area contributed by atoms with Crippen LogP contribution in [0.25, 0.3) is 0 Å². The lowest BCUT2D eigenvalue weighted by Crippen LogP contribution is -2.45. The predicted octanol–water partition coefficient (Wildman–Crippen LogP) is 5.13. The van der Waals surface area contributed by atoms with Crippen LogP contribution in [0.3, 0.4) is 0 Å². The van der Waals surface area contributed by atoms with E-state index in [9.17, 15) is 9.59 Å². The summed E-state index contributed by atoms with van der Waals surface area (Å²) in [5.74, 6) is 1.02. The molecule has 1 amide bonds. The van der Waals surface area contributed by atoms with Crippen LogP contribution in [-0.4, -0.2) is 33.2 Å². The molecule has 4 rings (SSSR count). The van der Waals surface area contributed by atoms with E-state index in [4.69, 9.17) is 9.72 Å². The number of ether oxygens (including phenoxy) is 1. The largest absolute Gasteiger partial charge is 0.460 e. The molecule has 1 aromatic carbocycles. The van der Waals surface area contributed by atoms with Gasteiger partial charge in [0, 0.05) is 18.2 Å². The third-order valence-electron chi connectivity index (χ3n) is 6.79. The molecule has 2 heterocycles. The first-order valence-corrected chi connectivity index (χ1v) is 13.0. The van der Waals surface area contributed by atoms with E-state index in [2.05, 4.69) is 36.5 Å². The van der Waals surface area contributed by atoms with E-state index in [0.29, 0.717) is 12.2 Å². The van der Waals surface area contributed by atoms with Crippen LogP contribution < -0.4 is 10.6 Å². The molecular formula is C29H37N5O3. The fourth-order valence-corrected chi connectivity index (χ4v) is 4.90. The van der Waals surface area contributed by atoms with Crippen LogP contribution in [0.5, 0.6) is 0 Å². The van der Waals surface area contributed by atoms with Crippen LogP contribution in [0.2, 0.25) is 0 Å². The van der Waals surface area contributed by atoms with Crippen LogP contribution in [0, 0.1) is 5.41 Å². The standard InChI is InChI=1S/C29H37N5O3/c1-28(2,3)34-25(15-18-31-34)33-24-14-10-13-23(32-24)19-29(16-8-5-9-17-29)27(36)30-20-26(35)37-21-22-11-6-4-7-12-22/h4,6-7,10-15,18H,5,8-9,16-17,19-21H2,1-3H3,(H,30,36)(H,32,33). The van der Waals surface area contributed by atoms with Gasteiger partial charge < -0.3 is 15.4 Å². The zero-order chi connectivity index (χ0) is 26.3. The van der Waals surface area contributed by atoms with Gasteiger partial charge in [0.2, 0.25) is 5.91 Å². The van der Waals surface area contributed by atoms with Gasteiger partial charge in [-0.05, 0) is 51.3 Å². The summed E-state index contributed by atoms with van der Waals surface area (Å²) in [5, 5.41) is 10.7. The fourth-order valence-electron chi connectivity index (χ4n) is 4.90. The molecular weight excluding hydrogens is 466 g/mol. The van der Waals surface area contributed by atoms with E-state index in [0.717, 1.165) is 49.2 Å². The lowest BCUT2D eigenvalue weighted by atomic mass is 9.70. The zero-order valence-corrected chi connectivity index (χ0v) is 22.0. The van der Waals surface area contributed by atoms with E-state index >= 15 is 0 Å². The minimum Gasteiger partial charge on any atom is -0.460 e. The number of carbonyl (C=O) groups excluding carboxylic acids is 2. The lowest BCUT2D eigenvalue weighted by molar-refractivity contribution is -0.146. The smallest absolute Gasteiger partial charge is 0.325 e. The van der Waals surface area contributed by atoms with Crippen molar-refractivity contribution in [2.24, 2.45) is 5.41 Å². The molecule has 1 saturated carbocycles. The number of anilines is 2. The van der Waals surface area contributed by atoms with Crippen molar-refractivity contribution in [2.45, 2.75) is 71.4 Å². The van der Waals surface area contributed by atoms with Gasteiger partial charge in [0.15, 0.2) is 0 Å². The van der Waals surface area contributed by atoms with Gasteiger partial charge in [-0.25, -0.2) is 9.67 Å². The van der Waals surface area contributed by atoms with Gasteiger partial charge in [-0.2, -0.15) is 5.10 Å². The number of hydrogen-bond acceptors (Lipinski definition) is 6. The van der Waals surface area contributed by atoms with Crippen LogP contribution in [0.1, 0.15) is 64.1 Å². The molecule has 1 aliphatic rings. The second-order valence-electron chi connectivity index (χ2n) is 10.8. The summed E-state index contributed by atoms with van der Waals surface area (Å²) in [4.78, 5) is 30.5. The van der Waals surface area contributed by atoms with Gasteiger partial charge in [0.05, 0.1) is 17.2 Å². The number of hydrogen-bond donors (Lipinski definition) is 2. The van der Waals surface area contributed by atoms with E-state index in [1.165, 1.54) is 0 Å². The predicted molar refractivity (Wildman–Crippen MR) is 143 cm³/mol. The number of pyridine rings is 1. The minimum atomic E-state index is -0.587. The quantitative estimate of drug-likeness (QED) is 0.393. The highest BCUT2D eigenvalue weighted by molar-refractivity contribution is 5.86. The van der Waals surface area contributed by atoms with E-state index in [1.807, 2.05) is 59.3 Å². The van der Waals surface area contributed by atoms with E-state index in [-0.39, 0.29) is 24.6 Å². The van der Waals surface area contributed by atoms with Gasteiger partial charge in [-0.1, -0.05) is 55.7 Å². The molecule has 1 fully saturated rings. The van der Waals surface area contributed by atoms with Gasteiger partial charge in [0.25, 0.3) is 0 Å². The average Bonchev–Trinajstić information content (AvgIpc) is 3.36. The normalized spacial score (nSPS) is 15.1. The molecule has 2 aromatic heterocycles. The van der Waals surface area contributed by atoms with Crippen LogP contribution in [0.4, 0.5) is 11.6 Å². The number of benzene rings is 1. The molecule has 2 N–H and O–H groups in total. The molecule has 0 aliphatic heterocycles. The van der Waals surface area contributed by atoms with Crippen molar-refractivity contribution in [1.82, 2.24) is 20.1 Å². The molecule has 0 atom stereocenters. The molecule has 8 nitrogen and oxygen atoms in total. The number of aromatic nitrogens is 3. The Hall–Kier alpha value is -3.68. The van der Waals surface area contributed by atoms with Crippen molar-refractivity contribution in [3.05, 3.63) is 72.1 Å². The summed E-state index contributed by atoms with van der Waals surface area (Å²) in [6.45, 7) is 6.34. The minimum absolute atomic E-state index is 0.102. The Kier molecular flexibility index (Phi) is 8.26. The van der Waals surface area contributed by atoms with Crippen molar-refractivity contribution >= 4 is 23.5 Å². The fraction of sp³-hybridized carbons (Fsp3) is 0.448. The van der Waals surface area contributed by atoms with Crippen LogP contribution in [0.15, 0.2) is 60.8 Å². The van der Waals surface area contributed by atoms with Crippen LogP contribution >= 0.6 is 0 Å². The molecule has 0 radical (unpaired) electrons. The van der Waals surface area contributed by atoms with Crippen LogP contribution in [-0.2, 0) is 32.9 Å². The molecule has 8 heteroatoms. The van der Waals surface area contributed by atoms with E-state index in [1.54, 1.807) is 6.20 Å². The Morgan fingerprint density at radius 3 is 2.49 bits per heavy atom. The summed E-state index contributed by atoms with van der Waals surface area (Å²) in [5.41, 5.74) is 0.999. The van der Waals surface area contributed by atoms with Crippen molar-refractivity contribution in [3.63, 3.8) is 0 Å². The maximum atomic E-state index is 13.4. The van der Waals surface area contributed by atoms with Gasteiger partial charge in [0.1, 0.15) is 24.8 Å². The highest BCUT2D eigenvalue weighted by Gasteiger charge is 2.40. The molecule has 0 bridgehead atoms. The monoisotopic (exact) mass is 503 g/mol. The maximum Gasteiger partial charge on any atom is 0.325 e. The summed E-state index contributed by atoms with van der Waals surface area (Å²) >= 11 is 0. The average molecular weight is 504 g/mol. The summed E-state index contributed by atoms with van der Waals surface area (Å²) in [7, 11) is 0. The summed E-state index contributed by atoms with van der Waals surface area (Å²) in [6, 6.07) is 17.3. The Labute approximate surface area is 218 Å². The molecule has 0 unspecified atom stereocenters. The lowest BCUT2D eigenvalue weighted by Gasteiger charge is -2.35. The van der Waals surface area contributed by atoms with Crippen molar-refractivity contribution < 1.29 is 14.3 Å². The number of rotatable bonds is 9. The number of amides is 1. The number of carbonyl (C=O) groups is 2. The Morgan fingerprint density at radius 1 is 1.00 bits per heavy atom. The molecule has 3 aromatic rings. The number of nitrogens with zero attached hydrogens (tertiary/aromatic N) is 3. The van der Waals surface area contributed by atoms with Crippen molar-refractivity contribution in [1.29, 1.82) is 0 Å². The maximum absolute atomic E-state index is 13.4. The van der Waals surface area contributed by atoms with Gasteiger partial charge in [-0.3, -0.25) is 9.59 Å². The second kappa shape index (κ2) is 11.6. The second-order valence-corrected chi connectivity index (χ2v) is 10.8. The molecule has 1 aliphatic carbocycles. The van der Waals surface area contributed by atoms with Crippen molar-refractivity contribution in [3.8, 4) is 0 Å². The molecule has 0 saturated heterocycles. The highest BCUT2D eigenvalue weighted by Crippen LogP contribution is 2.39. The third kappa shape index (κ3) is 6.96.